The Balaban J connectivity index is 2.65. The Labute approximate surface area is 61.0 Å². The minimum absolute atomic E-state index is 0.213. The molecule has 0 radical (unpaired) electrons. The second-order valence-corrected chi connectivity index (χ2v) is 2.07. The number of aromatic nitrogens is 1. The van der Waals surface area contributed by atoms with Gasteiger partial charge in [0.25, 0.3) is 0 Å². The van der Waals surface area contributed by atoms with Crippen molar-refractivity contribution < 1.29 is 17.9 Å². The van der Waals surface area contributed by atoms with E-state index in [4.69, 9.17) is 0 Å². The number of ether oxygens (including phenoxy) is 1. The van der Waals surface area contributed by atoms with Gasteiger partial charge in [0.1, 0.15) is 5.75 Å². The van der Waals surface area contributed by atoms with E-state index >= 15 is 0 Å². The van der Waals surface area contributed by atoms with Crippen molar-refractivity contribution in [3.05, 3.63) is 18.0 Å². The number of hydrogen-bond acceptors (Lipinski definition) is 1. The summed E-state index contributed by atoms with van der Waals surface area (Å²) in [4.78, 5) is 2.57. The number of hydrogen-bond donors (Lipinski definition) is 1. The highest BCUT2D eigenvalue weighted by Gasteiger charge is 2.31. The molecular formula is C6H6F3NO. The van der Waals surface area contributed by atoms with Crippen LogP contribution < -0.4 is 4.74 Å². The molecule has 0 aliphatic rings. The summed E-state index contributed by atoms with van der Waals surface area (Å²) in [5, 5.41) is 0. The van der Waals surface area contributed by atoms with Gasteiger partial charge in [0.15, 0.2) is 0 Å². The number of nitrogens with one attached hydrogen (secondary N) is 1. The first-order valence-corrected chi connectivity index (χ1v) is 2.88. The van der Waals surface area contributed by atoms with Crippen LogP contribution in [0.25, 0.3) is 0 Å². The van der Waals surface area contributed by atoms with Crippen LogP contribution in [0.1, 0.15) is 5.69 Å². The first kappa shape index (κ1) is 7.97. The summed E-state index contributed by atoms with van der Waals surface area (Å²) in [6.07, 6.45) is -3.45. The van der Waals surface area contributed by atoms with Crippen LogP contribution in [0.2, 0.25) is 0 Å². The van der Waals surface area contributed by atoms with Gasteiger partial charge in [0.2, 0.25) is 0 Å². The summed E-state index contributed by atoms with van der Waals surface area (Å²) >= 11 is 0. The number of H-pyrrole nitrogens is 1. The highest BCUT2D eigenvalue weighted by atomic mass is 19.4. The lowest BCUT2D eigenvalue weighted by Crippen LogP contribution is -2.16. The average molecular weight is 165 g/mol. The largest absolute Gasteiger partial charge is 0.573 e. The topological polar surface area (TPSA) is 25.0 Å². The van der Waals surface area contributed by atoms with Gasteiger partial charge in [-0.1, -0.05) is 0 Å². The smallest absolute Gasteiger partial charge is 0.404 e. The van der Waals surface area contributed by atoms with Crippen LogP contribution in [0.4, 0.5) is 13.2 Å². The van der Waals surface area contributed by atoms with Crippen molar-refractivity contribution in [2.24, 2.45) is 0 Å². The van der Waals surface area contributed by atoms with Crippen molar-refractivity contribution >= 4 is 0 Å². The molecule has 0 spiro atoms. The van der Waals surface area contributed by atoms with Gasteiger partial charge >= 0.3 is 6.36 Å². The second-order valence-electron chi connectivity index (χ2n) is 2.07. The van der Waals surface area contributed by atoms with Crippen molar-refractivity contribution in [2.45, 2.75) is 13.3 Å². The predicted octanol–water partition coefficient (Wildman–Crippen LogP) is 2.22. The molecule has 0 aromatic carbocycles. The zero-order valence-electron chi connectivity index (χ0n) is 5.70. The predicted molar refractivity (Wildman–Crippen MR) is 32.2 cm³/mol. The van der Waals surface area contributed by atoms with E-state index in [-0.39, 0.29) is 5.75 Å². The van der Waals surface area contributed by atoms with Gasteiger partial charge in [-0.25, -0.2) is 0 Å². The van der Waals surface area contributed by atoms with Gasteiger partial charge in [-0.15, -0.1) is 13.2 Å². The van der Waals surface area contributed by atoms with Crippen LogP contribution in [0.3, 0.4) is 0 Å². The molecule has 0 amide bonds. The minimum atomic E-state index is -4.60. The van der Waals surface area contributed by atoms with Crippen LogP contribution in [-0.4, -0.2) is 11.3 Å². The van der Waals surface area contributed by atoms with E-state index in [1.807, 2.05) is 0 Å². The summed E-state index contributed by atoms with van der Waals surface area (Å²) in [6, 6.07) is 1.27. The van der Waals surface area contributed by atoms with Gasteiger partial charge in [0, 0.05) is 18.0 Å². The third kappa shape index (κ3) is 2.53. The zero-order chi connectivity index (χ0) is 8.48. The molecule has 1 rings (SSSR count). The Morgan fingerprint density at radius 2 is 2.09 bits per heavy atom. The molecule has 0 fully saturated rings. The Morgan fingerprint density at radius 3 is 2.45 bits per heavy atom. The fraction of sp³-hybridized carbons (Fsp3) is 0.333. The Morgan fingerprint density at radius 1 is 1.45 bits per heavy atom. The summed E-state index contributed by atoms with van der Waals surface area (Å²) in [5.41, 5.74) is 0.629. The number of aromatic amines is 1. The average Bonchev–Trinajstić information content (AvgIpc) is 2.10. The number of alkyl halides is 3. The molecule has 0 atom stereocenters. The molecule has 62 valence electrons. The second kappa shape index (κ2) is 2.48. The summed E-state index contributed by atoms with van der Waals surface area (Å²) in [5.74, 6) is -0.213. The lowest BCUT2D eigenvalue weighted by atomic mass is 10.5. The first-order chi connectivity index (χ1) is 4.97. The maximum absolute atomic E-state index is 11.5. The molecule has 0 saturated heterocycles. The number of rotatable bonds is 1. The van der Waals surface area contributed by atoms with Crippen LogP contribution in [-0.2, 0) is 0 Å². The van der Waals surface area contributed by atoms with Crippen molar-refractivity contribution in [1.29, 1.82) is 0 Å². The molecular weight excluding hydrogens is 159 g/mol. The van der Waals surface area contributed by atoms with Gasteiger partial charge in [-0.05, 0) is 6.92 Å². The van der Waals surface area contributed by atoms with Crippen LogP contribution in [0.15, 0.2) is 12.3 Å². The SMILES string of the molecule is Cc1cc(OC(F)(F)F)c[nH]1. The molecule has 0 unspecified atom stereocenters. The van der Waals surface area contributed by atoms with E-state index in [1.54, 1.807) is 6.92 Å². The monoisotopic (exact) mass is 165 g/mol. The quantitative estimate of drug-likeness (QED) is 0.678. The van der Waals surface area contributed by atoms with E-state index < -0.39 is 6.36 Å². The molecule has 0 aliphatic heterocycles. The fourth-order valence-electron chi connectivity index (χ4n) is 0.674. The Bertz CT molecular complexity index is 240. The van der Waals surface area contributed by atoms with E-state index in [9.17, 15) is 13.2 Å². The molecule has 0 bridgehead atoms. The lowest BCUT2D eigenvalue weighted by Gasteiger charge is -2.04. The zero-order valence-corrected chi connectivity index (χ0v) is 5.70. The maximum atomic E-state index is 11.5. The highest BCUT2D eigenvalue weighted by Crippen LogP contribution is 2.22. The van der Waals surface area contributed by atoms with Crippen LogP contribution >= 0.6 is 0 Å². The molecule has 1 aromatic heterocycles. The fourth-order valence-corrected chi connectivity index (χ4v) is 0.674. The third-order valence-electron chi connectivity index (χ3n) is 1.03. The van der Waals surface area contributed by atoms with Gasteiger partial charge in [0.05, 0.1) is 0 Å². The maximum Gasteiger partial charge on any atom is 0.573 e. The van der Waals surface area contributed by atoms with Crippen molar-refractivity contribution in [2.75, 3.05) is 0 Å². The summed E-state index contributed by atoms with van der Waals surface area (Å²) < 4.78 is 38.1. The van der Waals surface area contributed by atoms with Crippen LogP contribution in [0.5, 0.6) is 5.75 Å². The molecule has 2 nitrogen and oxygen atoms in total. The van der Waals surface area contributed by atoms with Gasteiger partial charge in [-0.2, -0.15) is 0 Å². The van der Waals surface area contributed by atoms with E-state index in [0.717, 1.165) is 6.20 Å². The van der Waals surface area contributed by atoms with E-state index in [2.05, 4.69) is 9.72 Å². The normalized spacial score (nSPS) is 11.6. The van der Waals surface area contributed by atoms with Crippen LogP contribution in [0, 0.1) is 6.92 Å². The molecule has 0 aliphatic carbocycles. The van der Waals surface area contributed by atoms with Gasteiger partial charge in [-0.3, -0.25) is 0 Å². The van der Waals surface area contributed by atoms with Crippen molar-refractivity contribution in [3.63, 3.8) is 0 Å². The lowest BCUT2D eigenvalue weighted by molar-refractivity contribution is -0.274. The van der Waals surface area contributed by atoms with E-state index in [0.29, 0.717) is 5.69 Å². The molecule has 5 heteroatoms. The summed E-state index contributed by atoms with van der Waals surface area (Å²) in [7, 11) is 0. The minimum Gasteiger partial charge on any atom is -0.404 e. The highest BCUT2D eigenvalue weighted by molar-refractivity contribution is 5.21. The number of halogens is 3. The molecule has 0 saturated carbocycles. The Hall–Kier alpha value is -1.13. The standard InChI is InChI=1S/C6H6F3NO/c1-4-2-5(3-10-4)11-6(7,8)9/h2-3,10H,1H3. The van der Waals surface area contributed by atoms with Crippen molar-refractivity contribution in [1.82, 2.24) is 4.98 Å². The molecule has 1 N–H and O–H groups in total. The molecule has 1 aromatic rings. The van der Waals surface area contributed by atoms with E-state index in [1.165, 1.54) is 6.07 Å². The third-order valence-corrected chi connectivity index (χ3v) is 1.03. The van der Waals surface area contributed by atoms with Gasteiger partial charge < -0.3 is 9.72 Å². The Kier molecular flexibility index (Phi) is 1.80. The number of aryl methyl sites for hydroxylation is 1. The summed E-state index contributed by atoms with van der Waals surface area (Å²) in [6.45, 7) is 1.64. The molecule has 11 heavy (non-hydrogen) atoms. The van der Waals surface area contributed by atoms with Crippen molar-refractivity contribution in [3.8, 4) is 5.75 Å². The molecule has 1 heterocycles. The first-order valence-electron chi connectivity index (χ1n) is 2.88.